The summed E-state index contributed by atoms with van der Waals surface area (Å²) in [5, 5.41) is 7.41. The van der Waals surface area contributed by atoms with Crippen molar-refractivity contribution in [2.75, 3.05) is 22.9 Å². The average Bonchev–Trinajstić information content (AvgIpc) is 3.70. The fourth-order valence-corrected chi connectivity index (χ4v) is 6.25. The Morgan fingerprint density at radius 3 is 2.44 bits per heavy atom. The second kappa shape index (κ2) is 10.7. The molecule has 36 heavy (non-hydrogen) atoms. The molecule has 8 heteroatoms. The van der Waals surface area contributed by atoms with E-state index >= 15 is 0 Å². The van der Waals surface area contributed by atoms with Gasteiger partial charge < -0.3 is 20.7 Å². The molecular weight excluding hydrogens is 454 g/mol. The Balaban J connectivity index is 1.44. The SMILES string of the molecule is CC(C)OC(=O)N1C[C@H](C)N(C(=O)C2CC2)c2ccc(C3CNC(N)C(C4CCCCCC4)N3)cc21. The topological polar surface area (TPSA) is 99.9 Å². The van der Waals surface area contributed by atoms with Gasteiger partial charge in [-0.1, -0.05) is 31.7 Å². The lowest BCUT2D eigenvalue weighted by molar-refractivity contribution is -0.120. The first-order chi connectivity index (χ1) is 17.3. The Morgan fingerprint density at radius 1 is 1.06 bits per heavy atom. The number of benzene rings is 1. The van der Waals surface area contributed by atoms with Crippen LogP contribution in [0.25, 0.3) is 0 Å². The number of carbonyl (C=O) groups is 2. The van der Waals surface area contributed by atoms with Gasteiger partial charge in [-0.25, -0.2) is 4.79 Å². The molecule has 1 saturated heterocycles. The highest BCUT2D eigenvalue weighted by Crippen LogP contribution is 2.42. The highest BCUT2D eigenvalue weighted by Gasteiger charge is 2.42. The van der Waals surface area contributed by atoms with E-state index in [-0.39, 0.29) is 48.3 Å². The Morgan fingerprint density at radius 2 is 1.78 bits per heavy atom. The van der Waals surface area contributed by atoms with Crippen LogP contribution >= 0.6 is 0 Å². The molecular formula is C28H43N5O3. The molecule has 3 fully saturated rings. The van der Waals surface area contributed by atoms with Crippen LogP contribution in [0.1, 0.15) is 83.7 Å². The number of nitrogens with one attached hydrogen (secondary N) is 2. The highest BCUT2D eigenvalue weighted by molar-refractivity contribution is 6.04. The summed E-state index contributed by atoms with van der Waals surface area (Å²) in [6.07, 6.45) is 8.89. The molecule has 2 saturated carbocycles. The number of amides is 2. The van der Waals surface area contributed by atoms with E-state index in [0.29, 0.717) is 12.5 Å². The fraction of sp³-hybridized carbons (Fsp3) is 0.714. The first-order valence-corrected chi connectivity index (χ1v) is 14.0. The molecule has 0 radical (unpaired) electrons. The van der Waals surface area contributed by atoms with Crippen molar-refractivity contribution in [1.82, 2.24) is 10.6 Å². The number of carbonyl (C=O) groups excluding carboxylic acids is 2. The smallest absolute Gasteiger partial charge is 0.414 e. The van der Waals surface area contributed by atoms with Crippen LogP contribution in [0.15, 0.2) is 18.2 Å². The van der Waals surface area contributed by atoms with Crippen LogP contribution in [0.5, 0.6) is 0 Å². The fourth-order valence-electron chi connectivity index (χ4n) is 6.25. The number of ether oxygens (including phenoxy) is 1. The minimum absolute atomic E-state index is 0.0630. The van der Waals surface area contributed by atoms with E-state index in [4.69, 9.17) is 10.5 Å². The molecule has 0 aromatic heterocycles. The number of fused-ring (bicyclic) bond motifs is 1. The zero-order valence-electron chi connectivity index (χ0n) is 22.0. The molecule has 8 nitrogen and oxygen atoms in total. The van der Waals surface area contributed by atoms with Crippen molar-refractivity contribution in [2.45, 2.75) is 103 Å². The van der Waals surface area contributed by atoms with Crippen LogP contribution < -0.4 is 26.2 Å². The van der Waals surface area contributed by atoms with Crippen molar-refractivity contribution in [3.8, 4) is 0 Å². The van der Waals surface area contributed by atoms with Crippen LogP contribution in [0, 0.1) is 11.8 Å². The van der Waals surface area contributed by atoms with Crippen LogP contribution in [-0.2, 0) is 9.53 Å². The van der Waals surface area contributed by atoms with E-state index in [2.05, 4.69) is 22.8 Å². The van der Waals surface area contributed by atoms with Gasteiger partial charge in [0.2, 0.25) is 5.91 Å². The number of anilines is 2. The number of rotatable bonds is 4. The maximum atomic E-state index is 13.2. The van der Waals surface area contributed by atoms with E-state index in [1.165, 1.54) is 38.5 Å². The predicted octanol–water partition coefficient (Wildman–Crippen LogP) is 4.04. The van der Waals surface area contributed by atoms with E-state index in [1.807, 2.05) is 31.7 Å². The van der Waals surface area contributed by atoms with E-state index in [0.717, 1.165) is 36.3 Å². The number of nitrogens with zero attached hydrogens (tertiary/aromatic N) is 2. The van der Waals surface area contributed by atoms with Gasteiger partial charge in [0.05, 0.1) is 29.7 Å². The average molecular weight is 498 g/mol. The van der Waals surface area contributed by atoms with Gasteiger partial charge in [-0.05, 0) is 70.1 Å². The number of hydrogen-bond acceptors (Lipinski definition) is 6. The standard InChI is InChI=1S/C28H43N5O3/c1-17(2)36-28(35)32-16-18(3)33(27(34)20-10-11-20)23-13-12-21(14-24(23)32)22-15-30-26(29)25(31-22)19-8-6-4-5-7-9-19/h12-14,17-20,22,25-26,30-31H,4-11,15-16,29H2,1-3H3/t18-,22?,25?,26?/m0/s1. The van der Waals surface area contributed by atoms with Gasteiger partial charge in [0, 0.05) is 31.1 Å². The number of hydrogen-bond donors (Lipinski definition) is 3. The van der Waals surface area contributed by atoms with Gasteiger partial charge in [-0.15, -0.1) is 0 Å². The summed E-state index contributed by atoms with van der Waals surface area (Å²) in [4.78, 5) is 30.0. The third kappa shape index (κ3) is 5.27. The molecule has 4 atom stereocenters. The first-order valence-electron chi connectivity index (χ1n) is 14.0. The molecule has 198 valence electrons. The Bertz CT molecular complexity index is 957. The summed E-state index contributed by atoms with van der Waals surface area (Å²) in [5.41, 5.74) is 9.19. The third-order valence-corrected chi connectivity index (χ3v) is 8.31. The normalized spacial score (nSPS) is 29.6. The quantitative estimate of drug-likeness (QED) is 0.543. The molecule has 1 aromatic carbocycles. The van der Waals surface area contributed by atoms with Crippen molar-refractivity contribution in [3.05, 3.63) is 23.8 Å². The lowest BCUT2D eigenvalue weighted by atomic mass is 9.87. The van der Waals surface area contributed by atoms with Crippen molar-refractivity contribution in [2.24, 2.45) is 17.6 Å². The molecule has 0 bridgehead atoms. The van der Waals surface area contributed by atoms with Gasteiger partial charge >= 0.3 is 6.09 Å². The molecule has 2 aliphatic heterocycles. The van der Waals surface area contributed by atoms with E-state index in [1.54, 1.807) is 4.90 Å². The van der Waals surface area contributed by atoms with Crippen molar-refractivity contribution in [1.29, 1.82) is 0 Å². The Labute approximate surface area is 215 Å². The molecule has 1 aromatic rings. The monoisotopic (exact) mass is 497 g/mol. The zero-order valence-corrected chi connectivity index (χ0v) is 22.0. The molecule has 2 amide bonds. The number of piperazine rings is 1. The van der Waals surface area contributed by atoms with Crippen LogP contribution in [0.3, 0.4) is 0 Å². The summed E-state index contributed by atoms with van der Waals surface area (Å²) < 4.78 is 5.60. The van der Waals surface area contributed by atoms with Gasteiger partial charge in [0.15, 0.2) is 0 Å². The van der Waals surface area contributed by atoms with Gasteiger partial charge in [-0.2, -0.15) is 0 Å². The van der Waals surface area contributed by atoms with E-state index < -0.39 is 0 Å². The second-order valence-corrected chi connectivity index (χ2v) is 11.6. The minimum Gasteiger partial charge on any atom is -0.446 e. The Kier molecular flexibility index (Phi) is 7.56. The summed E-state index contributed by atoms with van der Waals surface area (Å²) >= 11 is 0. The van der Waals surface area contributed by atoms with Gasteiger partial charge in [-0.3, -0.25) is 15.0 Å². The highest BCUT2D eigenvalue weighted by atomic mass is 16.6. The Hall–Kier alpha value is -2.16. The molecule has 3 unspecified atom stereocenters. The summed E-state index contributed by atoms with van der Waals surface area (Å²) in [6.45, 7) is 6.88. The molecule has 2 heterocycles. The third-order valence-electron chi connectivity index (χ3n) is 8.31. The zero-order chi connectivity index (χ0) is 25.4. The lowest BCUT2D eigenvalue weighted by Gasteiger charge is -2.43. The predicted molar refractivity (Wildman–Crippen MR) is 142 cm³/mol. The van der Waals surface area contributed by atoms with Gasteiger partial charge in [0.1, 0.15) is 0 Å². The van der Waals surface area contributed by atoms with Crippen molar-refractivity contribution < 1.29 is 14.3 Å². The van der Waals surface area contributed by atoms with E-state index in [9.17, 15) is 9.59 Å². The van der Waals surface area contributed by atoms with Crippen LogP contribution in [0.2, 0.25) is 0 Å². The molecule has 5 rings (SSSR count). The maximum absolute atomic E-state index is 13.2. The molecule has 4 N–H and O–H groups in total. The summed E-state index contributed by atoms with van der Waals surface area (Å²) in [6, 6.07) is 6.40. The molecule has 0 spiro atoms. The van der Waals surface area contributed by atoms with Gasteiger partial charge in [0.25, 0.3) is 0 Å². The molecule has 2 aliphatic carbocycles. The van der Waals surface area contributed by atoms with Crippen LogP contribution in [0.4, 0.5) is 16.2 Å². The minimum atomic E-state index is -0.359. The second-order valence-electron chi connectivity index (χ2n) is 11.6. The van der Waals surface area contributed by atoms with Crippen LogP contribution in [-0.4, -0.2) is 49.4 Å². The largest absolute Gasteiger partial charge is 0.446 e. The molecule has 4 aliphatic rings. The summed E-state index contributed by atoms with van der Waals surface area (Å²) in [5.74, 6) is 0.853. The summed E-state index contributed by atoms with van der Waals surface area (Å²) in [7, 11) is 0. The van der Waals surface area contributed by atoms with Crippen molar-refractivity contribution in [3.63, 3.8) is 0 Å². The van der Waals surface area contributed by atoms with Crippen molar-refractivity contribution >= 4 is 23.4 Å². The first kappa shape index (κ1) is 25.5. The number of nitrogens with two attached hydrogens (primary N) is 1. The maximum Gasteiger partial charge on any atom is 0.414 e. The lowest BCUT2D eigenvalue weighted by Crippen LogP contribution is -2.63.